The van der Waals surface area contributed by atoms with Crippen LogP contribution in [0, 0.1) is 0 Å². The molecule has 1 fully saturated rings. The predicted octanol–water partition coefficient (Wildman–Crippen LogP) is 3.86. The minimum atomic E-state index is -0.335. The first-order valence-electron chi connectivity index (χ1n) is 10.0. The van der Waals surface area contributed by atoms with Gasteiger partial charge in [0.05, 0.1) is 18.3 Å². The molecule has 1 aromatic carbocycles. The molecule has 5 nitrogen and oxygen atoms in total. The predicted molar refractivity (Wildman–Crippen MR) is 117 cm³/mol. The number of rotatable bonds is 3. The number of carbonyl (C=O) groups excluding carboxylic acids is 1. The van der Waals surface area contributed by atoms with Gasteiger partial charge in [-0.15, -0.1) is 0 Å². The Morgan fingerprint density at radius 3 is 2.86 bits per heavy atom. The van der Waals surface area contributed by atoms with E-state index in [1.165, 1.54) is 16.7 Å². The molecule has 2 heterocycles. The average Bonchev–Trinajstić information content (AvgIpc) is 2.84. The molecule has 2 aliphatic rings. The van der Waals surface area contributed by atoms with Crippen molar-refractivity contribution in [3.05, 3.63) is 62.3 Å². The van der Waals surface area contributed by atoms with E-state index in [1.54, 1.807) is 0 Å². The maximum Gasteiger partial charge on any atom is 0.324 e. The van der Waals surface area contributed by atoms with Crippen LogP contribution < -0.4 is 0 Å². The van der Waals surface area contributed by atoms with Crippen LogP contribution in [0.4, 0.5) is 0 Å². The molecule has 0 saturated carbocycles. The fourth-order valence-corrected chi connectivity index (χ4v) is 5.01. The molecule has 1 saturated heterocycles. The first-order valence-corrected chi connectivity index (χ1v) is 11.2. The van der Waals surface area contributed by atoms with Gasteiger partial charge in [0, 0.05) is 35.3 Å². The maximum atomic E-state index is 12.9. The van der Waals surface area contributed by atoms with E-state index in [0.717, 1.165) is 41.1 Å². The second-order valence-corrected chi connectivity index (χ2v) is 9.06. The molecule has 0 N–H and O–H groups in total. The zero-order chi connectivity index (χ0) is 20.5. The standard InChI is InChI=1S/C22H25BrClN3O2/c1-3-29-22(28)19-13-26(2)8-9-27(19)21-18-7-6-17(24)11-14(18)4-5-15-10-16(23)12-25-20(15)21/h6-7,10-12,19,21H,3-5,8-9,13H2,1-2H3. The van der Waals surface area contributed by atoms with Gasteiger partial charge in [0.15, 0.2) is 0 Å². The summed E-state index contributed by atoms with van der Waals surface area (Å²) in [6.45, 7) is 4.53. The van der Waals surface area contributed by atoms with E-state index in [4.69, 9.17) is 21.3 Å². The van der Waals surface area contributed by atoms with Crippen molar-refractivity contribution in [3.8, 4) is 0 Å². The molecule has 4 rings (SSSR count). The lowest BCUT2D eigenvalue weighted by molar-refractivity contribution is -0.153. The van der Waals surface area contributed by atoms with Crippen LogP contribution in [0.25, 0.3) is 0 Å². The summed E-state index contributed by atoms with van der Waals surface area (Å²) in [6.07, 6.45) is 3.64. The van der Waals surface area contributed by atoms with Crippen molar-refractivity contribution >= 4 is 33.5 Å². The third-order valence-electron chi connectivity index (χ3n) is 5.81. The highest BCUT2D eigenvalue weighted by Gasteiger charge is 2.40. The number of hydrogen-bond donors (Lipinski definition) is 0. The lowest BCUT2D eigenvalue weighted by Gasteiger charge is -2.43. The average molecular weight is 479 g/mol. The first kappa shape index (κ1) is 20.8. The molecule has 0 bridgehead atoms. The number of nitrogens with zero attached hydrogens (tertiary/aromatic N) is 3. The number of likely N-dealkylation sites (N-methyl/N-ethyl adjacent to an activating group) is 1. The molecule has 1 aliphatic carbocycles. The molecule has 7 heteroatoms. The zero-order valence-corrected chi connectivity index (χ0v) is 19.0. The van der Waals surface area contributed by atoms with E-state index in [2.05, 4.69) is 43.9 Å². The number of pyridine rings is 1. The Bertz CT molecular complexity index is 869. The van der Waals surface area contributed by atoms with Crippen LogP contribution in [0.5, 0.6) is 0 Å². The van der Waals surface area contributed by atoms with Crippen LogP contribution in [0.15, 0.2) is 34.9 Å². The Morgan fingerprint density at radius 2 is 2.07 bits per heavy atom. The minimum Gasteiger partial charge on any atom is -0.465 e. The van der Waals surface area contributed by atoms with Gasteiger partial charge in [0.1, 0.15) is 6.04 Å². The zero-order valence-electron chi connectivity index (χ0n) is 16.7. The lowest BCUT2D eigenvalue weighted by Crippen LogP contribution is -2.57. The normalized spacial score (nSPS) is 22.5. The van der Waals surface area contributed by atoms with Gasteiger partial charge in [-0.05, 0) is 77.6 Å². The maximum absolute atomic E-state index is 12.9. The molecular formula is C22H25BrClN3O2. The summed E-state index contributed by atoms with van der Waals surface area (Å²) in [5.41, 5.74) is 4.63. The van der Waals surface area contributed by atoms with Gasteiger partial charge in [0.25, 0.3) is 0 Å². The Hall–Kier alpha value is -1.47. The van der Waals surface area contributed by atoms with Crippen molar-refractivity contribution in [1.29, 1.82) is 0 Å². The Kier molecular flexibility index (Phi) is 6.25. The Labute approximate surface area is 185 Å². The van der Waals surface area contributed by atoms with Crippen LogP contribution in [0.2, 0.25) is 5.02 Å². The monoisotopic (exact) mass is 477 g/mol. The van der Waals surface area contributed by atoms with Gasteiger partial charge in [-0.1, -0.05) is 17.7 Å². The van der Waals surface area contributed by atoms with Gasteiger partial charge < -0.3 is 9.64 Å². The topological polar surface area (TPSA) is 45.7 Å². The quantitative estimate of drug-likeness (QED) is 0.627. The van der Waals surface area contributed by atoms with Crippen molar-refractivity contribution < 1.29 is 9.53 Å². The second kappa shape index (κ2) is 8.72. The summed E-state index contributed by atoms with van der Waals surface area (Å²) >= 11 is 9.89. The molecule has 2 unspecified atom stereocenters. The van der Waals surface area contributed by atoms with Crippen molar-refractivity contribution in [3.63, 3.8) is 0 Å². The van der Waals surface area contributed by atoms with Gasteiger partial charge in [-0.2, -0.15) is 0 Å². The molecule has 2 aromatic rings. The molecule has 1 aromatic heterocycles. The summed E-state index contributed by atoms with van der Waals surface area (Å²) in [5, 5.41) is 0.739. The van der Waals surface area contributed by atoms with Gasteiger partial charge in [0.2, 0.25) is 0 Å². The second-order valence-electron chi connectivity index (χ2n) is 7.71. The number of halogens is 2. The van der Waals surface area contributed by atoms with Gasteiger partial charge >= 0.3 is 5.97 Å². The van der Waals surface area contributed by atoms with E-state index in [9.17, 15) is 4.79 Å². The fraction of sp³-hybridized carbons (Fsp3) is 0.455. The Balaban J connectivity index is 1.85. The molecule has 1 aliphatic heterocycles. The number of benzene rings is 1. The summed E-state index contributed by atoms with van der Waals surface area (Å²) in [6, 6.07) is 7.81. The number of piperazine rings is 1. The van der Waals surface area contributed by atoms with Crippen LogP contribution in [-0.2, 0) is 22.4 Å². The number of fused-ring (bicyclic) bond motifs is 2. The highest BCUT2D eigenvalue weighted by atomic mass is 79.9. The molecular weight excluding hydrogens is 454 g/mol. The van der Waals surface area contributed by atoms with Crippen molar-refractivity contribution in [2.24, 2.45) is 0 Å². The van der Waals surface area contributed by atoms with E-state index in [0.29, 0.717) is 13.2 Å². The number of carbonyl (C=O) groups is 1. The van der Waals surface area contributed by atoms with E-state index < -0.39 is 0 Å². The fourth-order valence-electron chi connectivity index (χ4n) is 4.44. The Morgan fingerprint density at radius 1 is 1.28 bits per heavy atom. The number of hydrogen-bond acceptors (Lipinski definition) is 5. The van der Waals surface area contributed by atoms with Crippen molar-refractivity contribution in [2.45, 2.75) is 31.8 Å². The molecule has 154 valence electrons. The van der Waals surface area contributed by atoms with E-state index in [1.807, 2.05) is 26.2 Å². The lowest BCUT2D eigenvalue weighted by atomic mass is 9.94. The van der Waals surface area contributed by atoms with E-state index >= 15 is 0 Å². The molecule has 0 spiro atoms. The summed E-state index contributed by atoms with van der Waals surface area (Å²) in [7, 11) is 2.05. The third-order valence-corrected chi connectivity index (χ3v) is 6.47. The minimum absolute atomic E-state index is 0.101. The number of aromatic nitrogens is 1. The highest BCUT2D eigenvalue weighted by molar-refractivity contribution is 9.10. The number of esters is 1. The van der Waals surface area contributed by atoms with Gasteiger partial charge in [-0.3, -0.25) is 14.7 Å². The summed E-state index contributed by atoms with van der Waals surface area (Å²) in [4.78, 5) is 22.2. The van der Waals surface area contributed by atoms with Crippen LogP contribution >= 0.6 is 27.5 Å². The van der Waals surface area contributed by atoms with Gasteiger partial charge in [-0.25, -0.2) is 0 Å². The highest BCUT2D eigenvalue weighted by Crippen LogP contribution is 2.39. The van der Waals surface area contributed by atoms with Crippen LogP contribution in [0.3, 0.4) is 0 Å². The molecule has 29 heavy (non-hydrogen) atoms. The molecule has 2 atom stereocenters. The van der Waals surface area contributed by atoms with Crippen molar-refractivity contribution in [1.82, 2.24) is 14.8 Å². The van der Waals surface area contributed by atoms with Crippen molar-refractivity contribution in [2.75, 3.05) is 33.3 Å². The SMILES string of the molecule is CCOC(=O)C1CN(C)CCN1C1c2ccc(Cl)cc2CCc2cc(Br)cnc21. The first-order chi connectivity index (χ1) is 14.0. The molecule has 0 amide bonds. The summed E-state index contributed by atoms with van der Waals surface area (Å²) < 4.78 is 6.41. The third kappa shape index (κ3) is 4.22. The summed E-state index contributed by atoms with van der Waals surface area (Å²) in [5.74, 6) is -0.169. The van der Waals surface area contributed by atoms with Crippen LogP contribution in [-0.4, -0.2) is 60.1 Å². The number of ether oxygens (including phenoxy) is 1. The molecule has 0 radical (unpaired) electrons. The van der Waals surface area contributed by atoms with Crippen LogP contribution in [0.1, 0.15) is 35.3 Å². The van der Waals surface area contributed by atoms with E-state index in [-0.39, 0.29) is 18.1 Å². The number of aryl methyl sites for hydroxylation is 2. The smallest absolute Gasteiger partial charge is 0.324 e. The largest absolute Gasteiger partial charge is 0.465 e.